The van der Waals surface area contributed by atoms with Crippen molar-refractivity contribution in [1.29, 1.82) is 0 Å². The number of aromatic nitrogens is 1. The number of nitrogens with zero attached hydrogens (tertiary/aromatic N) is 2. The molecule has 1 unspecified atom stereocenters. The number of nitro groups is 1. The molecule has 1 heterocycles. The molecule has 0 aromatic carbocycles. The predicted molar refractivity (Wildman–Crippen MR) is 64.8 cm³/mol. The van der Waals surface area contributed by atoms with Crippen molar-refractivity contribution in [1.82, 2.24) is 4.98 Å². The maximum Gasteiger partial charge on any atom is 0.321 e. The normalized spacial score (nSPS) is 12.1. The van der Waals surface area contributed by atoms with Crippen LogP contribution >= 0.6 is 21.6 Å². The van der Waals surface area contributed by atoms with Gasteiger partial charge in [-0.2, -0.15) is 0 Å². The lowest BCUT2D eigenvalue weighted by atomic mass is 10.4. The summed E-state index contributed by atoms with van der Waals surface area (Å²) in [5.74, 6) is -0.957. The van der Waals surface area contributed by atoms with E-state index in [0.29, 0.717) is 0 Å². The molecule has 0 saturated heterocycles. The van der Waals surface area contributed by atoms with Gasteiger partial charge in [0.25, 0.3) is 0 Å². The van der Waals surface area contributed by atoms with Gasteiger partial charge in [-0.3, -0.25) is 14.9 Å². The van der Waals surface area contributed by atoms with Crippen LogP contribution in [0, 0.1) is 10.1 Å². The molecule has 0 bridgehead atoms. The van der Waals surface area contributed by atoms with E-state index in [4.69, 9.17) is 10.8 Å². The third-order valence-corrected chi connectivity index (χ3v) is 3.97. The number of rotatable bonds is 6. The van der Waals surface area contributed by atoms with E-state index < -0.39 is 16.9 Å². The zero-order valence-corrected chi connectivity index (χ0v) is 10.1. The van der Waals surface area contributed by atoms with E-state index >= 15 is 0 Å². The second kappa shape index (κ2) is 6.42. The average molecular weight is 275 g/mol. The number of pyridine rings is 1. The minimum atomic E-state index is -1.10. The zero-order chi connectivity index (χ0) is 12.8. The smallest absolute Gasteiger partial charge is 0.321 e. The van der Waals surface area contributed by atoms with Crippen molar-refractivity contribution in [3.05, 3.63) is 28.4 Å². The second-order valence-corrected chi connectivity index (χ2v) is 5.23. The molecule has 9 heteroatoms. The number of hydrogen-bond donors (Lipinski definition) is 2. The fraction of sp³-hybridized carbons (Fsp3) is 0.250. The fourth-order valence-electron chi connectivity index (χ4n) is 0.820. The van der Waals surface area contributed by atoms with Crippen LogP contribution in [-0.2, 0) is 4.79 Å². The Morgan fingerprint density at radius 2 is 2.41 bits per heavy atom. The quantitative estimate of drug-likeness (QED) is 0.450. The van der Waals surface area contributed by atoms with Crippen LogP contribution in [0.15, 0.2) is 23.4 Å². The lowest BCUT2D eigenvalue weighted by Gasteiger charge is -2.04. The Kier molecular flexibility index (Phi) is 5.19. The van der Waals surface area contributed by atoms with Gasteiger partial charge in [-0.05, 0) is 16.9 Å². The van der Waals surface area contributed by atoms with Crippen molar-refractivity contribution in [2.75, 3.05) is 5.75 Å². The first-order chi connectivity index (χ1) is 8.02. The van der Waals surface area contributed by atoms with E-state index in [-0.39, 0.29) is 16.5 Å². The molecule has 1 rings (SSSR count). The van der Waals surface area contributed by atoms with E-state index in [9.17, 15) is 14.9 Å². The first-order valence-corrected chi connectivity index (χ1v) is 6.71. The van der Waals surface area contributed by atoms with Gasteiger partial charge in [-0.15, -0.1) is 0 Å². The van der Waals surface area contributed by atoms with Crippen molar-refractivity contribution in [2.24, 2.45) is 5.73 Å². The Morgan fingerprint density at radius 3 is 3.00 bits per heavy atom. The van der Waals surface area contributed by atoms with E-state index in [1.807, 2.05) is 0 Å². The Balaban J connectivity index is 2.58. The number of carbonyl (C=O) groups is 1. The standard InChI is InChI=1S/C8H9N3O4S2/c9-5(8(12)13)4-16-17-7-6(11(14)15)2-1-3-10-7/h1-3,5H,4,9H2,(H,12,13). The molecule has 0 spiro atoms. The summed E-state index contributed by atoms with van der Waals surface area (Å²) >= 11 is 0. The van der Waals surface area contributed by atoms with Gasteiger partial charge in [0.2, 0.25) is 0 Å². The molecule has 0 aliphatic carbocycles. The Morgan fingerprint density at radius 1 is 1.71 bits per heavy atom. The summed E-state index contributed by atoms with van der Waals surface area (Å²) in [7, 11) is 2.16. The lowest BCUT2D eigenvalue weighted by Crippen LogP contribution is -2.32. The number of carboxylic acids is 1. The summed E-state index contributed by atoms with van der Waals surface area (Å²) < 4.78 is 0. The highest BCUT2D eigenvalue weighted by atomic mass is 33.1. The summed E-state index contributed by atoms with van der Waals surface area (Å²) in [4.78, 5) is 24.4. The molecule has 0 fully saturated rings. The van der Waals surface area contributed by atoms with Crippen molar-refractivity contribution >= 4 is 33.2 Å². The Labute approximate surface area is 104 Å². The third kappa shape index (κ3) is 4.21. The van der Waals surface area contributed by atoms with Crippen LogP contribution < -0.4 is 5.73 Å². The molecular formula is C8H9N3O4S2. The van der Waals surface area contributed by atoms with Gasteiger partial charge in [-0.1, -0.05) is 10.8 Å². The molecule has 1 aromatic heterocycles. The van der Waals surface area contributed by atoms with E-state index in [0.717, 1.165) is 21.6 Å². The molecule has 17 heavy (non-hydrogen) atoms. The highest BCUT2D eigenvalue weighted by Gasteiger charge is 2.17. The number of aliphatic carboxylic acids is 1. The van der Waals surface area contributed by atoms with E-state index in [2.05, 4.69) is 4.98 Å². The molecule has 1 atom stereocenters. The zero-order valence-electron chi connectivity index (χ0n) is 8.48. The summed E-state index contributed by atoms with van der Waals surface area (Å²) in [6.45, 7) is 0. The highest BCUT2D eigenvalue weighted by molar-refractivity contribution is 8.76. The van der Waals surface area contributed by atoms with Crippen LogP contribution in [0.25, 0.3) is 0 Å². The molecule has 0 aliphatic heterocycles. The molecular weight excluding hydrogens is 266 g/mol. The molecule has 7 nitrogen and oxygen atoms in total. The minimum absolute atomic E-state index is 0.103. The van der Waals surface area contributed by atoms with Crippen molar-refractivity contribution in [3.8, 4) is 0 Å². The summed E-state index contributed by atoms with van der Waals surface area (Å²) in [6, 6.07) is 1.82. The number of nitrogens with two attached hydrogens (primary N) is 1. The molecule has 1 aromatic rings. The maximum absolute atomic E-state index is 10.7. The van der Waals surface area contributed by atoms with E-state index in [1.54, 1.807) is 0 Å². The monoisotopic (exact) mass is 275 g/mol. The average Bonchev–Trinajstić information content (AvgIpc) is 2.29. The van der Waals surface area contributed by atoms with Crippen LogP contribution in [-0.4, -0.2) is 32.8 Å². The van der Waals surface area contributed by atoms with Crippen LogP contribution in [0.3, 0.4) is 0 Å². The largest absolute Gasteiger partial charge is 0.480 e. The molecule has 0 saturated carbocycles. The fourth-order valence-corrected chi connectivity index (χ4v) is 2.98. The van der Waals surface area contributed by atoms with Crippen LogP contribution in [0.5, 0.6) is 0 Å². The van der Waals surface area contributed by atoms with Crippen molar-refractivity contribution in [2.45, 2.75) is 11.1 Å². The number of hydrogen-bond acceptors (Lipinski definition) is 7. The molecule has 0 aliphatic rings. The minimum Gasteiger partial charge on any atom is -0.480 e. The van der Waals surface area contributed by atoms with Gasteiger partial charge >= 0.3 is 11.7 Å². The SMILES string of the molecule is NC(CSSc1ncccc1[N+](=O)[O-])C(=O)O. The van der Waals surface area contributed by atoms with Crippen molar-refractivity contribution < 1.29 is 14.8 Å². The summed E-state index contributed by atoms with van der Waals surface area (Å²) in [5, 5.41) is 19.4. The van der Waals surface area contributed by atoms with Crippen LogP contribution in [0.2, 0.25) is 0 Å². The summed E-state index contributed by atoms with van der Waals surface area (Å²) in [5.41, 5.74) is 5.19. The van der Waals surface area contributed by atoms with Crippen LogP contribution in [0.4, 0.5) is 5.69 Å². The predicted octanol–water partition coefficient (Wildman–Crippen LogP) is 1.14. The maximum atomic E-state index is 10.7. The van der Waals surface area contributed by atoms with Crippen LogP contribution in [0.1, 0.15) is 0 Å². The molecule has 0 radical (unpaired) electrons. The Hall–Kier alpha value is -1.32. The third-order valence-electron chi connectivity index (χ3n) is 1.65. The van der Waals surface area contributed by atoms with E-state index in [1.165, 1.54) is 18.3 Å². The molecule has 3 N–H and O–H groups in total. The van der Waals surface area contributed by atoms with Gasteiger partial charge < -0.3 is 10.8 Å². The molecule has 0 amide bonds. The first-order valence-electron chi connectivity index (χ1n) is 4.39. The van der Waals surface area contributed by atoms with Gasteiger partial charge in [0.05, 0.1) is 4.92 Å². The first kappa shape index (κ1) is 13.7. The van der Waals surface area contributed by atoms with Crippen molar-refractivity contribution in [3.63, 3.8) is 0 Å². The molecule has 92 valence electrons. The van der Waals surface area contributed by atoms with Gasteiger partial charge in [0, 0.05) is 18.0 Å². The number of carboxylic acid groups (broad SMARTS) is 1. The highest BCUT2D eigenvalue weighted by Crippen LogP contribution is 2.35. The lowest BCUT2D eigenvalue weighted by molar-refractivity contribution is -0.388. The summed E-state index contributed by atoms with van der Waals surface area (Å²) in [6.07, 6.45) is 1.44. The Bertz CT molecular complexity index is 429. The van der Waals surface area contributed by atoms with Gasteiger partial charge in [0.15, 0.2) is 5.03 Å². The topological polar surface area (TPSA) is 119 Å². The van der Waals surface area contributed by atoms with Gasteiger partial charge in [-0.25, -0.2) is 4.98 Å². The second-order valence-electron chi connectivity index (χ2n) is 2.90. The van der Waals surface area contributed by atoms with Gasteiger partial charge in [0.1, 0.15) is 6.04 Å².